The van der Waals surface area contributed by atoms with Crippen molar-refractivity contribution < 1.29 is 9.59 Å². The Morgan fingerprint density at radius 2 is 1.38 bits per heavy atom. The van der Waals surface area contributed by atoms with Gasteiger partial charge < -0.3 is 0 Å². The van der Waals surface area contributed by atoms with Crippen LogP contribution >= 0.6 is 11.6 Å². The molecule has 3 aromatic rings. The molecule has 0 aromatic heterocycles. The second-order valence-electron chi connectivity index (χ2n) is 6.92. The molecule has 2 heterocycles. The third-order valence-corrected chi connectivity index (χ3v) is 5.55. The fourth-order valence-corrected chi connectivity index (χ4v) is 4.15. The first-order valence-electron chi connectivity index (χ1n) is 9.27. The summed E-state index contributed by atoms with van der Waals surface area (Å²) in [6.45, 7) is 0. The first kappa shape index (κ1) is 17.6. The molecule has 0 unspecified atom stereocenters. The Labute approximate surface area is 172 Å². The molecule has 3 aromatic carbocycles. The van der Waals surface area contributed by atoms with E-state index in [4.69, 9.17) is 16.7 Å². The van der Waals surface area contributed by atoms with Crippen LogP contribution in [0.5, 0.6) is 0 Å². The minimum absolute atomic E-state index is 0.311. The molecule has 0 radical (unpaired) electrons. The fourth-order valence-electron chi connectivity index (χ4n) is 3.93. The Kier molecular flexibility index (Phi) is 4.18. The number of carbonyl (C=O) groups excluding carboxylic acids is 2. The van der Waals surface area contributed by atoms with Crippen LogP contribution in [0.15, 0.2) is 90.0 Å². The Morgan fingerprint density at radius 1 is 0.759 bits per heavy atom. The van der Waals surface area contributed by atoms with Crippen LogP contribution < -0.4 is 9.91 Å². The largest absolute Gasteiger partial charge is 0.273 e. The van der Waals surface area contributed by atoms with Crippen molar-refractivity contribution in [2.45, 2.75) is 6.04 Å². The Hall–Kier alpha value is -3.44. The zero-order chi connectivity index (χ0) is 20.0. The van der Waals surface area contributed by atoms with Gasteiger partial charge in [0.15, 0.2) is 0 Å². The Morgan fingerprint density at radius 3 is 2.07 bits per heavy atom. The maximum atomic E-state index is 13.4. The zero-order valence-electron chi connectivity index (χ0n) is 15.3. The number of halogens is 1. The van der Waals surface area contributed by atoms with Crippen molar-refractivity contribution in [1.82, 2.24) is 0 Å². The summed E-state index contributed by atoms with van der Waals surface area (Å²) < 4.78 is 0. The third-order valence-electron chi connectivity index (χ3n) is 5.23. The van der Waals surface area contributed by atoms with E-state index in [1.54, 1.807) is 29.3 Å². The lowest BCUT2D eigenvalue weighted by atomic mass is 9.93. The predicted octanol–water partition coefficient (Wildman–Crippen LogP) is 4.12. The van der Waals surface area contributed by atoms with Gasteiger partial charge in [0.05, 0.1) is 22.1 Å². The Bertz CT molecular complexity index is 1130. The smallest absolute Gasteiger partial charge is 0.259 e. The summed E-state index contributed by atoms with van der Waals surface area (Å²) in [5.74, 6) is -1.33. The van der Waals surface area contributed by atoms with E-state index in [-0.39, 0.29) is 11.8 Å². The number of amides is 2. The molecular formula is C23H16ClN3O2. The molecule has 2 amide bonds. The normalized spacial score (nSPS) is 20.8. The Balaban J connectivity index is 1.65. The number of fused-ring (bicyclic) bond motifs is 1. The molecule has 6 heteroatoms. The molecule has 5 rings (SSSR count). The second-order valence-corrected chi connectivity index (χ2v) is 7.32. The van der Waals surface area contributed by atoms with Gasteiger partial charge in [-0.2, -0.15) is 5.10 Å². The summed E-state index contributed by atoms with van der Waals surface area (Å²) in [5, 5.41) is 6.73. The molecule has 2 atom stereocenters. The average molecular weight is 402 g/mol. The van der Waals surface area contributed by atoms with Gasteiger partial charge in [-0.3, -0.25) is 14.6 Å². The minimum atomic E-state index is -0.739. The van der Waals surface area contributed by atoms with Crippen molar-refractivity contribution in [3.8, 4) is 0 Å². The molecule has 1 saturated heterocycles. The van der Waals surface area contributed by atoms with Gasteiger partial charge in [0.2, 0.25) is 5.91 Å². The van der Waals surface area contributed by atoms with E-state index in [1.807, 2.05) is 60.7 Å². The summed E-state index contributed by atoms with van der Waals surface area (Å²) in [4.78, 5) is 28.1. The summed E-state index contributed by atoms with van der Waals surface area (Å²) in [7, 11) is 0. The number of benzene rings is 3. The van der Waals surface area contributed by atoms with Crippen LogP contribution in [0, 0.1) is 5.92 Å². The molecule has 0 N–H and O–H groups in total. The van der Waals surface area contributed by atoms with Gasteiger partial charge in [-0.25, -0.2) is 4.90 Å². The monoisotopic (exact) mass is 401 g/mol. The molecule has 142 valence electrons. The van der Waals surface area contributed by atoms with E-state index in [1.165, 1.54) is 4.90 Å². The molecule has 0 saturated carbocycles. The maximum absolute atomic E-state index is 13.4. The SMILES string of the molecule is O=C1[C@H]2C(c3ccccc3)=NN(c3ccccc3)[C@@H]2C(=O)N1c1ccccc1Cl. The number of imide groups is 1. The minimum Gasteiger partial charge on any atom is -0.273 e. The zero-order valence-corrected chi connectivity index (χ0v) is 16.0. The second kappa shape index (κ2) is 6.87. The lowest BCUT2D eigenvalue weighted by Crippen LogP contribution is -2.39. The van der Waals surface area contributed by atoms with Crippen LogP contribution in [0.25, 0.3) is 0 Å². The summed E-state index contributed by atoms with van der Waals surface area (Å²) in [6, 6.07) is 25.1. The molecule has 2 aliphatic rings. The lowest BCUT2D eigenvalue weighted by Gasteiger charge is -2.22. The van der Waals surface area contributed by atoms with Gasteiger partial charge in [-0.1, -0.05) is 72.3 Å². The van der Waals surface area contributed by atoms with E-state index >= 15 is 0 Å². The maximum Gasteiger partial charge on any atom is 0.259 e. The van der Waals surface area contributed by atoms with Crippen LogP contribution in [0.2, 0.25) is 5.02 Å². The van der Waals surface area contributed by atoms with E-state index in [0.29, 0.717) is 16.4 Å². The third kappa shape index (κ3) is 2.74. The number of anilines is 2. The molecule has 0 aliphatic carbocycles. The molecule has 0 spiro atoms. The van der Waals surface area contributed by atoms with E-state index in [0.717, 1.165) is 11.3 Å². The number of rotatable bonds is 3. The number of hydrogen-bond acceptors (Lipinski definition) is 4. The van der Waals surface area contributed by atoms with Gasteiger partial charge >= 0.3 is 0 Å². The number of carbonyl (C=O) groups is 2. The van der Waals surface area contributed by atoms with Gasteiger partial charge in [-0.05, 0) is 29.8 Å². The fraction of sp³-hybridized carbons (Fsp3) is 0.0870. The van der Waals surface area contributed by atoms with Crippen molar-refractivity contribution in [3.63, 3.8) is 0 Å². The highest BCUT2D eigenvalue weighted by atomic mass is 35.5. The van der Waals surface area contributed by atoms with Crippen molar-refractivity contribution in [1.29, 1.82) is 0 Å². The van der Waals surface area contributed by atoms with Crippen LogP contribution in [-0.4, -0.2) is 23.6 Å². The highest BCUT2D eigenvalue weighted by Crippen LogP contribution is 2.40. The summed E-state index contributed by atoms with van der Waals surface area (Å²) >= 11 is 6.31. The van der Waals surface area contributed by atoms with E-state index in [9.17, 15) is 9.59 Å². The van der Waals surface area contributed by atoms with Gasteiger partial charge in [-0.15, -0.1) is 0 Å². The molecular weight excluding hydrogens is 386 g/mol. The average Bonchev–Trinajstić information content (AvgIpc) is 3.27. The summed E-state index contributed by atoms with van der Waals surface area (Å²) in [6.07, 6.45) is 0. The summed E-state index contributed by atoms with van der Waals surface area (Å²) in [5.41, 5.74) is 2.57. The van der Waals surface area contributed by atoms with E-state index in [2.05, 4.69) is 0 Å². The number of para-hydroxylation sites is 2. The number of hydrazone groups is 1. The first-order valence-corrected chi connectivity index (χ1v) is 9.65. The predicted molar refractivity (Wildman–Crippen MR) is 113 cm³/mol. The highest BCUT2D eigenvalue weighted by molar-refractivity contribution is 6.39. The van der Waals surface area contributed by atoms with Gasteiger partial charge in [0, 0.05) is 0 Å². The first-order chi connectivity index (χ1) is 14.2. The van der Waals surface area contributed by atoms with Crippen LogP contribution in [0.1, 0.15) is 5.56 Å². The van der Waals surface area contributed by atoms with Gasteiger partial charge in [0.1, 0.15) is 12.0 Å². The van der Waals surface area contributed by atoms with E-state index < -0.39 is 12.0 Å². The molecule has 5 nitrogen and oxygen atoms in total. The molecule has 1 fully saturated rings. The van der Waals surface area contributed by atoms with Crippen molar-refractivity contribution in [2.75, 3.05) is 9.91 Å². The van der Waals surface area contributed by atoms with Crippen LogP contribution in [-0.2, 0) is 9.59 Å². The van der Waals surface area contributed by atoms with Crippen molar-refractivity contribution in [3.05, 3.63) is 95.5 Å². The van der Waals surface area contributed by atoms with Gasteiger partial charge in [0.25, 0.3) is 5.91 Å². The highest BCUT2D eigenvalue weighted by Gasteiger charge is 2.57. The van der Waals surface area contributed by atoms with Crippen LogP contribution in [0.4, 0.5) is 11.4 Å². The van der Waals surface area contributed by atoms with Crippen LogP contribution in [0.3, 0.4) is 0 Å². The quantitative estimate of drug-likeness (QED) is 0.620. The number of nitrogens with zero attached hydrogens (tertiary/aromatic N) is 3. The number of hydrogen-bond donors (Lipinski definition) is 0. The molecule has 29 heavy (non-hydrogen) atoms. The van der Waals surface area contributed by atoms with Crippen molar-refractivity contribution in [2.24, 2.45) is 11.0 Å². The lowest BCUT2D eigenvalue weighted by molar-refractivity contribution is -0.121. The van der Waals surface area contributed by atoms with Crippen molar-refractivity contribution >= 4 is 40.5 Å². The standard InChI is InChI=1S/C23H16ClN3O2/c24-17-13-7-8-14-18(17)26-22(28)19-20(15-9-3-1-4-10-15)25-27(21(19)23(26)29)16-11-5-2-6-12-16/h1-14,19,21H/t19-,21-/m0/s1. The molecule has 2 aliphatic heterocycles. The topological polar surface area (TPSA) is 53.0 Å². The molecule has 0 bridgehead atoms.